The fourth-order valence-corrected chi connectivity index (χ4v) is 3.09. The Labute approximate surface area is 157 Å². The monoisotopic (exact) mass is 365 g/mol. The van der Waals surface area contributed by atoms with Crippen LogP contribution in [0.3, 0.4) is 0 Å². The van der Waals surface area contributed by atoms with Crippen molar-refractivity contribution < 1.29 is 14.3 Å². The summed E-state index contributed by atoms with van der Waals surface area (Å²) in [7, 11) is 1.75. The second kappa shape index (κ2) is 8.40. The van der Waals surface area contributed by atoms with Gasteiger partial charge in [0.15, 0.2) is 0 Å². The Morgan fingerprint density at radius 3 is 2.63 bits per heavy atom. The number of H-pyrrole nitrogens is 1. The first-order chi connectivity index (χ1) is 13.1. The van der Waals surface area contributed by atoms with Crippen molar-refractivity contribution in [2.45, 2.75) is 19.4 Å². The summed E-state index contributed by atoms with van der Waals surface area (Å²) in [6.07, 6.45) is 2.21. The molecule has 0 saturated heterocycles. The number of hydrogen-bond acceptors (Lipinski definition) is 4. The number of fused-ring (bicyclic) bond motifs is 1. The Hall–Kier alpha value is -3.28. The third kappa shape index (κ3) is 4.11. The number of aromatic amines is 1. The van der Waals surface area contributed by atoms with E-state index in [2.05, 4.69) is 15.6 Å². The molecule has 2 aromatic carbocycles. The van der Waals surface area contributed by atoms with Crippen molar-refractivity contribution in [3.63, 3.8) is 0 Å². The largest absolute Gasteiger partial charge is 0.464 e. The second-order valence-electron chi connectivity index (χ2n) is 6.14. The van der Waals surface area contributed by atoms with Gasteiger partial charge in [0.05, 0.1) is 12.2 Å². The molecule has 0 spiro atoms. The van der Waals surface area contributed by atoms with E-state index in [0.717, 1.165) is 16.5 Å². The van der Waals surface area contributed by atoms with Gasteiger partial charge < -0.3 is 20.4 Å². The molecule has 3 N–H and O–H groups in total. The Bertz CT molecular complexity index is 949. The Morgan fingerprint density at radius 2 is 1.85 bits per heavy atom. The van der Waals surface area contributed by atoms with Gasteiger partial charge in [-0.25, -0.2) is 4.79 Å². The molecule has 0 aliphatic heterocycles. The summed E-state index contributed by atoms with van der Waals surface area (Å²) in [5, 5.41) is 6.84. The minimum absolute atomic E-state index is 0.256. The summed E-state index contributed by atoms with van der Waals surface area (Å²) in [4.78, 5) is 28.4. The van der Waals surface area contributed by atoms with Gasteiger partial charge in [0.1, 0.15) is 6.04 Å². The standard InChI is InChI=1S/C21H23N3O3/c1-3-27-21(26)19(12-14-13-23-18-11-7-4-8-15(14)18)24-20(25)16-9-5-6-10-17(16)22-2/h4-11,13,19,22-23H,3,12H2,1-2H3,(H,24,25). The highest BCUT2D eigenvalue weighted by molar-refractivity contribution is 6.01. The van der Waals surface area contributed by atoms with Crippen molar-refractivity contribution in [1.29, 1.82) is 0 Å². The number of aromatic nitrogens is 1. The molecule has 0 saturated carbocycles. The van der Waals surface area contributed by atoms with Crippen LogP contribution in [0.15, 0.2) is 54.7 Å². The van der Waals surface area contributed by atoms with E-state index in [4.69, 9.17) is 4.74 Å². The Kier molecular flexibility index (Phi) is 5.76. The Morgan fingerprint density at radius 1 is 1.11 bits per heavy atom. The van der Waals surface area contributed by atoms with Crippen molar-refractivity contribution in [1.82, 2.24) is 10.3 Å². The Balaban J connectivity index is 1.85. The highest BCUT2D eigenvalue weighted by Gasteiger charge is 2.25. The lowest BCUT2D eigenvalue weighted by Gasteiger charge is -2.18. The summed E-state index contributed by atoms with van der Waals surface area (Å²) in [5.74, 6) is -0.768. The van der Waals surface area contributed by atoms with Crippen LogP contribution in [0, 0.1) is 0 Å². The number of carbonyl (C=O) groups excluding carboxylic acids is 2. The van der Waals surface area contributed by atoms with Gasteiger partial charge in [-0.3, -0.25) is 4.79 Å². The zero-order valence-electron chi connectivity index (χ0n) is 15.4. The van der Waals surface area contributed by atoms with Gasteiger partial charge in [0.25, 0.3) is 5.91 Å². The average Bonchev–Trinajstić information content (AvgIpc) is 3.10. The highest BCUT2D eigenvalue weighted by atomic mass is 16.5. The first-order valence-electron chi connectivity index (χ1n) is 8.93. The van der Waals surface area contributed by atoms with Crippen molar-refractivity contribution >= 4 is 28.5 Å². The summed E-state index contributed by atoms with van der Waals surface area (Å²) in [5.41, 5.74) is 3.12. The number of amides is 1. The zero-order valence-corrected chi connectivity index (χ0v) is 15.4. The van der Waals surface area contributed by atoms with Gasteiger partial charge in [-0.2, -0.15) is 0 Å². The molecule has 0 aliphatic rings. The molecular formula is C21H23N3O3. The quantitative estimate of drug-likeness (QED) is 0.562. The van der Waals surface area contributed by atoms with Gasteiger partial charge in [0, 0.05) is 36.3 Å². The molecule has 6 heteroatoms. The van der Waals surface area contributed by atoms with Crippen molar-refractivity contribution in [2.24, 2.45) is 0 Å². The maximum Gasteiger partial charge on any atom is 0.328 e. The molecule has 1 heterocycles. The molecule has 6 nitrogen and oxygen atoms in total. The van der Waals surface area contributed by atoms with Gasteiger partial charge in [-0.1, -0.05) is 30.3 Å². The smallest absolute Gasteiger partial charge is 0.328 e. The van der Waals surface area contributed by atoms with Crippen molar-refractivity contribution in [3.8, 4) is 0 Å². The lowest BCUT2D eigenvalue weighted by atomic mass is 10.0. The van der Waals surface area contributed by atoms with E-state index in [1.807, 2.05) is 42.6 Å². The van der Waals surface area contributed by atoms with Crippen LogP contribution >= 0.6 is 0 Å². The molecule has 140 valence electrons. The molecule has 1 unspecified atom stereocenters. The number of benzene rings is 2. The highest BCUT2D eigenvalue weighted by Crippen LogP contribution is 2.20. The number of esters is 1. The van der Waals surface area contributed by atoms with Crippen molar-refractivity contribution in [3.05, 3.63) is 65.9 Å². The van der Waals surface area contributed by atoms with Crippen LogP contribution in [-0.4, -0.2) is 36.6 Å². The van der Waals surface area contributed by atoms with Gasteiger partial charge >= 0.3 is 5.97 Å². The number of rotatable bonds is 7. The van der Waals surface area contributed by atoms with Crippen LogP contribution in [0.1, 0.15) is 22.8 Å². The molecule has 3 aromatic rings. The van der Waals surface area contributed by atoms with Crippen molar-refractivity contribution in [2.75, 3.05) is 19.0 Å². The maximum atomic E-state index is 12.8. The molecular weight excluding hydrogens is 342 g/mol. The first kappa shape index (κ1) is 18.5. The number of ether oxygens (including phenoxy) is 1. The molecule has 0 radical (unpaired) electrons. The van der Waals surface area contributed by atoms with E-state index in [-0.39, 0.29) is 12.5 Å². The second-order valence-corrected chi connectivity index (χ2v) is 6.14. The lowest BCUT2D eigenvalue weighted by Crippen LogP contribution is -2.43. The lowest BCUT2D eigenvalue weighted by molar-refractivity contribution is -0.145. The minimum Gasteiger partial charge on any atom is -0.464 e. The topological polar surface area (TPSA) is 83.2 Å². The number of para-hydroxylation sites is 2. The third-order valence-corrected chi connectivity index (χ3v) is 4.42. The van der Waals surface area contributed by atoms with E-state index in [9.17, 15) is 9.59 Å². The minimum atomic E-state index is -0.776. The molecule has 0 bridgehead atoms. The number of anilines is 1. The summed E-state index contributed by atoms with van der Waals surface area (Å²) >= 11 is 0. The van der Waals surface area contributed by atoms with E-state index >= 15 is 0 Å². The summed E-state index contributed by atoms with van der Waals surface area (Å²) in [6.45, 7) is 2.00. The van der Waals surface area contributed by atoms with Crippen LogP contribution in [0.25, 0.3) is 10.9 Å². The van der Waals surface area contributed by atoms with E-state index in [1.165, 1.54) is 0 Å². The van der Waals surface area contributed by atoms with E-state index < -0.39 is 12.0 Å². The summed E-state index contributed by atoms with van der Waals surface area (Å²) < 4.78 is 5.18. The fourth-order valence-electron chi connectivity index (χ4n) is 3.09. The molecule has 3 rings (SSSR count). The zero-order chi connectivity index (χ0) is 19.2. The average molecular weight is 365 g/mol. The predicted octanol–water partition coefficient (Wildman–Crippen LogP) is 3.11. The molecule has 0 fully saturated rings. The van der Waals surface area contributed by atoms with Gasteiger partial charge in [0.2, 0.25) is 0 Å². The normalized spacial score (nSPS) is 11.8. The number of hydrogen-bond donors (Lipinski definition) is 3. The number of carbonyl (C=O) groups is 2. The number of nitrogens with one attached hydrogen (secondary N) is 3. The molecule has 1 aromatic heterocycles. The molecule has 27 heavy (non-hydrogen) atoms. The van der Waals surface area contributed by atoms with E-state index in [0.29, 0.717) is 17.7 Å². The van der Waals surface area contributed by atoms with Crippen LogP contribution < -0.4 is 10.6 Å². The first-order valence-corrected chi connectivity index (χ1v) is 8.93. The predicted molar refractivity (Wildman–Crippen MR) is 106 cm³/mol. The van der Waals surface area contributed by atoms with Gasteiger partial charge in [-0.05, 0) is 30.7 Å². The summed E-state index contributed by atoms with van der Waals surface area (Å²) in [6, 6.07) is 14.2. The van der Waals surface area contributed by atoms with Crippen LogP contribution in [0.5, 0.6) is 0 Å². The molecule has 1 amide bonds. The SMILES string of the molecule is CCOC(=O)C(Cc1c[nH]c2ccccc12)NC(=O)c1ccccc1NC. The fraction of sp³-hybridized carbons (Fsp3) is 0.238. The maximum absolute atomic E-state index is 12.8. The molecule has 0 aliphatic carbocycles. The van der Waals surface area contributed by atoms with Crippen LogP contribution in [0.4, 0.5) is 5.69 Å². The molecule has 1 atom stereocenters. The van der Waals surface area contributed by atoms with Crippen LogP contribution in [-0.2, 0) is 16.0 Å². The van der Waals surface area contributed by atoms with Gasteiger partial charge in [-0.15, -0.1) is 0 Å². The van der Waals surface area contributed by atoms with E-state index in [1.54, 1.807) is 26.1 Å². The third-order valence-electron chi connectivity index (χ3n) is 4.42. The van der Waals surface area contributed by atoms with Crippen LogP contribution in [0.2, 0.25) is 0 Å².